The van der Waals surface area contributed by atoms with Crippen LogP contribution >= 0.6 is 0 Å². The van der Waals surface area contributed by atoms with Crippen LogP contribution in [0.3, 0.4) is 0 Å². The second kappa shape index (κ2) is 23.3. The Kier molecular flexibility index (Phi) is 17.2. The number of aromatic amines is 1. The van der Waals surface area contributed by atoms with E-state index in [9.17, 15) is 45.0 Å². The van der Waals surface area contributed by atoms with E-state index in [4.69, 9.17) is 18.9 Å². The fourth-order valence-corrected chi connectivity index (χ4v) is 11.6. The number of aliphatic hydroxyl groups is 3. The summed E-state index contributed by atoms with van der Waals surface area (Å²) in [6.07, 6.45) is 10.4. The molecule has 1 amide bonds. The van der Waals surface area contributed by atoms with Gasteiger partial charge in [0.15, 0.2) is 5.75 Å². The van der Waals surface area contributed by atoms with Crippen molar-refractivity contribution in [1.29, 1.82) is 0 Å². The summed E-state index contributed by atoms with van der Waals surface area (Å²) in [5.41, 5.74) is 5.03. The Hall–Kier alpha value is -6.74. The van der Waals surface area contributed by atoms with Crippen LogP contribution in [0.2, 0.25) is 0 Å². The number of phenolic OH excluding ortho intramolecular Hbond substituents is 3. The number of aromatic hydroxyl groups is 3. The van der Waals surface area contributed by atoms with E-state index in [1.165, 1.54) is 87.0 Å². The highest BCUT2D eigenvalue weighted by Gasteiger charge is 2.50. The van der Waals surface area contributed by atoms with E-state index in [1.54, 1.807) is 44.9 Å². The molecule has 78 heavy (non-hydrogen) atoms. The molecule has 4 aromatic rings. The molecule has 1 saturated heterocycles. The van der Waals surface area contributed by atoms with E-state index < -0.39 is 88.8 Å². The van der Waals surface area contributed by atoms with Gasteiger partial charge >= 0.3 is 11.8 Å². The molecule has 8 N–H and O–H groups in total. The summed E-state index contributed by atoms with van der Waals surface area (Å²) in [6, 6.07) is 6.92. The van der Waals surface area contributed by atoms with Gasteiger partial charge in [0.05, 0.1) is 59.6 Å². The molecule has 1 aliphatic carbocycles. The molecule has 5 aliphatic heterocycles. The first-order valence-corrected chi connectivity index (χ1v) is 26.7. The summed E-state index contributed by atoms with van der Waals surface area (Å²) in [4.78, 5) is 48.4. The highest BCUT2D eigenvalue weighted by Crippen LogP contribution is 2.55. The van der Waals surface area contributed by atoms with Crippen LogP contribution in [-0.2, 0) is 30.2 Å². The number of aromatic nitrogens is 1. The van der Waals surface area contributed by atoms with Crippen molar-refractivity contribution < 1.29 is 64.0 Å². The lowest BCUT2D eigenvalue weighted by atomic mass is 9.78. The van der Waals surface area contributed by atoms with Crippen molar-refractivity contribution in [2.75, 3.05) is 65.9 Å². The number of carbonyl (C=O) groups excluding carboxylic acids is 3. The minimum absolute atomic E-state index is 0.0559. The monoisotopic (exact) mass is 1080 g/mol. The van der Waals surface area contributed by atoms with E-state index in [2.05, 4.69) is 62.7 Å². The Morgan fingerprint density at radius 2 is 1.65 bits per heavy atom. The minimum Gasteiger partial charge on any atom is -0.507 e. The van der Waals surface area contributed by atoms with E-state index in [1.807, 2.05) is 7.05 Å². The lowest BCUT2D eigenvalue weighted by molar-refractivity contribution is -0.160. The normalized spacial score (nSPS) is 30.7. The van der Waals surface area contributed by atoms with Gasteiger partial charge in [0, 0.05) is 123 Å². The number of likely N-dealkylation sites (N-methyl/N-ethyl adjacent to an activating group) is 2. The predicted molar refractivity (Wildman–Crippen MR) is 297 cm³/mol. The molecule has 6 aliphatic rings. The molecule has 10 rings (SSSR count). The lowest BCUT2D eigenvalue weighted by Crippen LogP contribution is -2.46. The molecule has 0 saturated carbocycles. The number of hydrogen-bond acceptors (Lipinski definition) is 17. The Morgan fingerprint density at radius 1 is 0.936 bits per heavy atom. The second-order valence-corrected chi connectivity index (χ2v) is 21.9. The number of phenols is 3. The highest BCUT2D eigenvalue weighted by molar-refractivity contribution is 6.24. The number of amides is 1. The van der Waals surface area contributed by atoms with Crippen molar-refractivity contribution in [3.8, 4) is 23.0 Å². The van der Waals surface area contributed by atoms with Crippen molar-refractivity contribution >= 4 is 56.8 Å². The number of piperazine rings is 1. The van der Waals surface area contributed by atoms with Gasteiger partial charge in [-0.25, -0.2) is 0 Å². The summed E-state index contributed by atoms with van der Waals surface area (Å²) < 4.78 is 23.6. The first-order valence-electron chi connectivity index (χ1n) is 26.7. The molecule has 6 heterocycles. The number of rotatable bonds is 5. The third-order valence-electron chi connectivity index (χ3n) is 16.4. The number of hydrogen-bond donors (Lipinski definition) is 8. The minimum atomic E-state index is -2.04. The van der Waals surface area contributed by atoms with Crippen LogP contribution in [0.25, 0.3) is 27.2 Å². The molecular weight excluding hydrogens is 1000 g/mol. The number of nitrogens with zero attached hydrogens (tertiary/aromatic N) is 4. The fraction of sp³-hybridized carbons (Fsp3) is 0.492. The van der Waals surface area contributed by atoms with Crippen molar-refractivity contribution in [2.24, 2.45) is 34.7 Å². The number of methoxy groups -OCH3 is 1. The first-order chi connectivity index (χ1) is 37.0. The third-order valence-corrected chi connectivity index (χ3v) is 16.4. The number of ketones is 1. The number of ether oxygens (including phenoxy) is 4. The Labute approximate surface area is 455 Å². The van der Waals surface area contributed by atoms with Crippen molar-refractivity contribution in [1.82, 2.24) is 19.8 Å². The molecule has 5 bridgehead atoms. The highest BCUT2D eigenvalue weighted by atomic mass is 16.7. The molecule has 1 fully saturated rings. The largest absolute Gasteiger partial charge is 0.507 e. The Morgan fingerprint density at radius 3 is 2.33 bits per heavy atom. The molecule has 11 atom stereocenters. The topological polar surface area (TPSA) is 259 Å². The number of esters is 1. The summed E-state index contributed by atoms with van der Waals surface area (Å²) in [5.74, 6) is -8.09. The van der Waals surface area contributed by atoms with E-state index in [0.29, 0.717) is 19.1 Å². The smallest absolute Gasteiger partial charge is 0.312 e. The summed E-state index contributed by atoms with van der Waals surface area (Å²) in [7, 11) is 5.59. The van der Waals surface area contributed by atoms with Crippen molar-refractivity contribution in [2.45, 2.75) is 98.1 Å². The standard InChI is InChI=1S/C43H58N4O12.C16H18N2O/c1-21-12-11-13-22(2)42(55)45-33-28(20-44-47-17-15-46(9)16-18-47)37(52)30-31(38(33)53)36(51)26(6)40-32(30)41(54)43(8,59-40)57-19-14-29(56-10)23(3)39(58-27(7)48)25(5)35(50)24(4)34(21)49;1-18-8-10(9-19)5-13-12-3-2-4-14-16(12)11(7-17-14)6-15(13)18/h11-14,19-21,23-25,29,34-35,39,49-53H,15-18H2,1-10H3,(H,45,55);2-5,7,10,15,17,19H,6,8-9H2,1H3/b12-11+,19-14+,22-13-,44-20-;/t21-,23+,24+,25+,29-,34-,35+,39+,43-;10-,15-/m01/s1. The maximum atomic E-state index is 14.4. The van der Waals surface area contributed by atoms with Gasteiger partial charge in [-0.1, -0.05) is 64.1 Å². The summed E-state index contributed by atoms with van der Waals surface area (Å²) in [6.45, 7) is 16.3. The SMILES string of the molecule is CN1C[C@H](CO)C=C2c3cccc4[nH]cc(c34)C[C@H]21.CO[C@H]1/C=C/O[C@@]2(C)Oc3c(C)c(O)c4c(O)c(c(/C=N\N5CCN(C)CC5)c(O)c4c3C2=O)NC(=O)/C(C)=C\C=C\[C@H](C)[C@H](O)[C@@H](C)[C@@H](O)[C@@H](C)[C@H](OC(C)=O)[C@@H]1C. The van der Waals surface area contributed by atoms with Gasteiger partial charge in [-0.2, -0.15) is 5.10 Å². The zero-order valence-corrected chi connectivity index (χ0v) is 46.4. The number of benzene rings is 3. The number of Topliss-reactive ketones (excluding diaryl/α,β-unsaturated/α-hetero) is 1. The molecule has 0 spiro atoms. The van der Waals surface area contributed by atoms with Gasteiger partial charge in [-0.3, -0.25) is 24.3 Å². The quantitative estimate of drug-likeness (QED) is 0.0468. The van der Waals surface area contributed by atoms with Crippen LogP contribution in [0.5, 0.6) is 23.0 Å². The van der Waals surface area contributed by atoms with Crippen LogP contribution < -0.4 is 10.1 Å². The van der Waals surface area contributed by atoms with Crippen LogP contribution in [0.15, 0.2) is 71.7 Å². The predicted octanol–water partition coefficient (Wildman–Crippen LogP) is 6.37. The molecule has 19 nitrogen and oxygen atoms in total. The number of anilines is 1. The maximum Gasteiger partial charge on any atom is 0.312 e. The number of carbonyl (C=O) groups is 3. The Bertz CT molecular complexity index is 3100. The number of hydrazone groups is 1. The summed E-state index contributed by atoms with van der Waals surface area (Å²) in [5, 5.41) is 77.7. The van der Waals surface area contributed by atoms with Crippen molar-refractivity contribution in [3.05, 3.63) is 94.4 Å². The van der Waals surface area contributed by atoms with Crippen molar-refractivity contribution in [3.63, 3.8) is 0 Å². The van der Waals surface area contributed by atoms with Gasteiger partial charge in [0.25, 0.3) is 11.7 Å². The average Bonchev–Trinajstić information content (AvgIpc) is 4.05. The number of fused-ring (bicyclic) bond motifs is 16. The first kappa shape index (κ1) is 57.4. The van der Waals surface area contributed by atoms with Crippen LogP contribution in [0.1, 0.15) is 81.1 Å². The van der Waals surface area contributed by atoms with Crippen LogP contribution in [-0.4, -0.2) is 171 Å². The lowest BCUT2D eigenvalue weighted by Gasteiger charge is -2.39. The zero-order chi connectivity index (χ0) is 56.7. The molecule has 0 radical (unpaired) electrons. The molecule has 0 unspecified atom stereocenters. The second-order valence-electron chi connectivity index (χ2n) is 21.9. The third kappa shape index (κ3) is 11.0. The number of H-pyrrole nitrogens is 1. The molecule has 19 heteroatoms. The van der Waals surface area contributed by atoms with Gasteiger partial charge < -0.3 is 64.8 Å². The average molecular weight is 1080 g/mol. The van der Waals surface area contributed by atoms with E-state index in [0.717, 1.165) is 26.1 Å². The molecule has 1 aromatic heterocycles. The fourth-order valence-electron chi connectivity index (χ4n) is 11.6. The summed E-state index contributed by atoms with van der Waals surface area (Å²) >= 11 is 0. The number of nitrogens with one attached hydrogen (secondary N) is 2. The van der Waals surface area contributed by atoms with Gasteiger partial charge in [-0.05, 0) is 63.2 Å². The van der Waals surface area contributed by atoms with Gasteiger partial charge in [0.1, 0.15) is 23.4 Å². The van der Waals surface area contributed by atoms with Crippen LogP contribution in [0, 0.1) is 36.5 Å². The molecule has 3 aromatic carbocycles. The number of aliphatic hydroxyl groups excluding tert-OH is 3. The van der Waals surface area contributed by atoms with E-state index >= 15 is 0 Å². The van der Waals surface area contributed by atoms with Gasteiger partial charge in [-0.15, -0.1) is 0 Å². The Balaban J connectivity index is 0.000000348. The van der Waals surface area contributed by atoms with Gasteiger partial charge in [0.2, 0.25) is 0 Å². The number of allylic oxidation sites excluding steroid dienone is 2. The zero-order valence-electron chi connectivity index (χ0n) is 46.4. The maximum absolute atomic E-state index is 14.4. The van der Waals surface area contributed by atoms with Crippen LogP contribution in [0.4, 0.5) is 5.69 Å². The van der Waals surface area contributed by atoms with E-state index in [-0.39, 0.29) is 57.0 Å². The molecular formula is C59H76N6O13. The molecule has 420 valence electrons.